The highest BCUT2D eigenvalue weighted by atomic mass is 32.1. The van der Waals surface area contributed by atoms with Gasteiger partial charge in [-0.25, -0.2) is 4.98 Å². The number of nitrogens with one attached hydrogen (secondary N) is 1. The normalized spacial score (nSPS) is 10.8. The van der Waals surface area contributed by atoms with Crippen LogP contribution in [-0.4, -0.2) is 18.1 Å². The van der Waals surface area contributed by atoms with Gasteiger partial charge in [-0.1, -0.05) is 12.8 Å². The molecule has 3 N–H and O–H groups in total. The summed E-state index contributed by atoms with van der Waals surface area (Å²) in [6.07, 6.45) is 4.95. The zero-order valence-electron chi connectivity index (χ0n) is 9.46. The minimum Gasteiger partial charge on any atom is -0.330 e. The van der Waals surface area contributed by atoms with E-state index in [1.54, 1.807) is 11.3 Å². The van der Waals surface area contributed by atoms with E-state index in [1.807, 2.05) is 5.51 Å². The summed E-state index contributed by atoms with van der Waals surface area (Å²) >= 11 is 1.73. The second kappa shape index (κ2) is 7.79. The van der Waals surface area contributed by atoms with Crippen LogP contribution >= 0.6 is 11.3 Å². The van der Waals surface area contributed by atoms with Crippen molar-refractivity contribution in [1.82, 2.24) is 10.3 Å². The summed E-state index contributed by atoms with van der Waals surface area (Å²) < 4.78 is 0. The Hall–Kier alpha value is -0.450. The van der Waals surface area contributed by atoms with E-state index < -0.39 is 0 Å². The number of aromatic nitrogens is 1. The van der Waals surface area contributed by atoms with Crippen LogP contribution < -0.4 is 11.1 Å². The van der Waals surface area contributed by atoms with Crippen molar-refractivity contribution in [2.75, 3.05) is 13.1 Å². The van der Waals surface area contributed by atoms with Gasteiger partial charge in [0.15, 0.2) is 0 Å². The van der Waals surface area contributed by atoms with E-state index in [4.69, 9.17) is 5.73 Å². The molecule has 0 bridgehead atoms. The number of thiazole rings is 1. The quantitative estimate of drug-likeness (QED) is 0.668. The molecular weight excluding hydrogens is 206 g/mol. The minimum absolute atomic E-state index is 0.827. The number of unbranched alkanes of at least 4 members (excludes halogenated alkanes) is 3. The average molecular weight is 227 g/mol. The molecule has 86 valence electrons. The first kappa shape index (κ1) is 12.6. The predicted molar refractivity (Wildman–Crippen MR) is 66.1 cm³/mol. The average Bonchev–Trinajstić information content (AvgIpc) is 2.63. The lowest BCUT2D eigenvalue weighted by molar-refractivity contribution is 0.591. The van der Waals surface area contributed by atoms with Crippen LogP contribution in [0.25, 0.3) is 0 Å². The third-order valence-corrected chi connectivity index (χ3v) is 3.37. The Balaban J connectivity index is 1.96. The van der Waals surface area contributed by atoms with E-state index in [2.05, 4.69) is 17.2 Å². The molecule has 0 fully saturated rings. The summed E-state index contributed by atoms with van der Waals surface area (Å²) in [6.45, 7) is 4.96. The van der Waals surface area contributed by atoms with E-state index in [-0.39, 0.29) is 0 Å². The highest BCUT2D eigenvalue weighted by Crippen LogP contribution is 2.11. The molecule has 0 radical (unpaired) electrons. The van der Waals surface area contributed by atoms with Crippen LogP contribution in [0.1, 0.15) is 36.3 Å². The molecular formula is C11H21N3S. The number of nitrogens with two attached hydrogens (primary N) is 1. The molecule has 0 saturated carbocycles. The van der Waals surface area contributed by atoms with Crippen molar-refractivity contribution < 1.29 is 0 Å². The molecule has 0 aliphatic heterocycles. The first-order valence-corrected chi connectivity index (χ1v) is 6.52. The number of nitrogens with zero attached hydrogens (tertiary/aromatic N) is 1. The van der Waals surface area contributed by atoms with Crippen molar-refractivity contribution in [3.63, 3.8) is 0 Å². The van der Waals surface area contributed by atoms with Gasteiger partial charge in [-0.15, -0.1) is 11.3 Å². The molecule has 0 unspecified atom stereocenters. The summed E-state index contributed by atoms with van der Waals surface area (Å²) in [7, 11) is 0. The summed E-state index contributed by atoms with van der Waals surface area (Å²) in [4.78, 5) is 5.58. The Kier molecular flexibility index (Phi) is 6.55. The summed E-state index contributed by atoms with van der Waals surface area (Å²) in [5.74, 6) is 0. The topological polar surface area (TPSA) is 50.9 Å². The standard InChI is InChI=1S/C11H21N3S/c1-10-11(15-9-14-10)8-13-7-5-3-2-4-6-12/h9,13H,2-8,12H2,1H3. The van der Waals surface area contributed by atoms with Gasteiger partial charge in [0.25, 0.3) is 0 Å². The number of hydrogen-bond donors (Lipinski definition) is 2. The molecule has 0 saturated heterocycles. The van der Waals surface area contributed by atoms with Crippen LogP contribution in [-0.2, 0) is 6.54 Å². The fraction of sp³-hybridized carbons (Fsp3) is 0.727. The molecule has 1 aromatic rings. The summed E-state index contributed by atoms with van der Waals surface area (Å²) in [5.41, 5.74) is 8.50. The van der Waals surface area contributed by atoms with E-state index in [0.717, 1.165) is 31.7 Å². The number of aryl methyl sites for hydroxylation is 1. The molecule has 0 atom stereocenters. The largest absolute Gasteiger partial charge is 0.330 e. The molecule has 1 heterocycles. The van der Waals surface area contributed by atoms with Gasteiger partial charge in [0.1, 0.15) is 0 Å². The Morgan fingerprint density at radius 1 is 1.33 bits per heavy atom. The molecule has 4 heteroatoms. The number of rotatable bonds is 8. The molecule has 0 spiro atoms. The lowest BCUT2D eigenvalue weighted by atomic mass is 10.2. The first-order chi connectivity index (χ1) is 7.34. The van der Waals surface area contributed by atoms with Crippen molar-refractivity contribution in [2.45, 2.75) is 39.2 Å². The third kappa shape index (κ3) is 5.25. The van der Waals surface area contributed by atoms with Gasteiger partial charge in [-0.2, -0.15) is 0 Å². The van der Waals surface area contributed by atoms with Crippen LogP contribution in [0.2, 0.25) is 0 Å². The molecule has 0 aliphatic rings. The van der Waals surface area contributed by atoms with Crippen molar-refractivity contribution in [3.05, 3.63) is 16.1 Å². The van der Waals surface area contributed by atoms with E-state index in [0.29, 0.717) is 0 Å². The van der Waals surface area contributed by atoms with Gasteiger partial charge in [0.2, 0.25) is 0 Å². The highest BCUT2D eigenvalue weighted by Gasteiger charge is 1.99. The van der Waals surface area contributed by atoms with Crippen LogP contribution in [0.3, 0.4) is 0 Å². The second-order valence-electron chi connectivity index (χ2n) is 3.74. The summed E-state index contributed by atoms with van der Waals surface area (Å²) in [5, 5.41) is 3.44. The Labute approximate surface area is 96.1 Å². The third-order valence-electron chi connectivity index (χ3n) is 2.44. The van der Waals surface area contributed by atoms with Crippen LogP contribution in [0.4, 0.5) is 0 Å². The van der Waals surface area contributed by atoms with Crippen LogP contribution in [0.5, 0.6) is 0 Å². The van der Waals surface area contributed by atoms with Crippen molar-refractivity contribution in [1.29, 1.82) is 0 Å². The Morgan fingerprint density at radius 3 is 2.80 bits per heavy atom. The lowest BCUT2D eigenvalue weighted by Crippen LogP contribution is -2.14. The van der Waals surface area contributed by atoms with Gasteiger partial charge >= 0.3 is 0 Å². The zero-order chi connectivity index (χ0) is 10.9. The molecule has 0 aliphatic carbocycles. The molecule has 15 heavy (non-hydrogen) atoms. The maximum atomic E-state index is 5.43. The fourth-order valence-corrected chi connectivity index (χ4v) is 2.19. The maximum Gasteiger partial charge on any atom is 0.0798 e. The van der Waals surface area contributed by atoms with Gasteiger partial charge in [-0.3, -0.25) is 0 Å². The molecule has 3 nitrogen and oxygen atoms in total. The van der Waals surface area contributed by atoms with Crippen molar-refractivity contribution in [2.24, 2.45) is 5.73 Å². The van der Waals surface area contributed by atoms with Crippen LogP contribution in [0.15, 0.2) is 5.51 Å². The van der Waals surface area contributed by atoms with E-state index in [9.17, 15) is 0 Å². The van der Waals surface area contributed by atoms with Crippen molar-refractivity contribution in [3.8, 4) is 0 Å². The van der Waals surface area contributed by atoms with E-state index in [1.165, 1.54) is 24.1 Å². The predicted octanol–water partition coefficient (Wildman–Crippen LogP) is 2.06. The molecule has 1 aromatic heterocycles. The first-order valence-electron chi connectivity index (χ1n) is 5.64. The fourth-order valence-electron chi connectivity index (χ4n) is 1.45. The highest BCUT2D eigenvalue weighted by molar-refractivity contribution is 7.09. The second-order valence-corrected chi connectivity index (χ2v) is 4.68. The van der Waals surface area contributed by atoms with Crippen LogP contribution in [0, 0.1) is 6.92 Å². The summed E-state index contributed by atoms with van der Waals surface area (Å²) in [6, 6.07) is 0. The SMILES string of the molecule is Cc1ncsc1CNCCCCCCN. The van der Waals surface area contributed by atoms with Crippen molar-refractivity contribution >= 4 is 11.3 Å². The Morgan fingerprint density at radius 2 is 2.13 bits per heavy atom. The number of hydrogen-bond acceptors (Lipinski definition) is 4. The maximum absolute atomic E-state index is 5.43. The van der Waals surface area contributed by atoms with Gasteiger partial charge < -0.3 is 11.1 Å². The van der Waals surface area contributed by atoms with Gasteiger partial charge in [0, 0.05) is 11.4 Å². The van der Waals surface area contributed by atoms with Gasteiger partial charge in [0.05, 0.1) is 11.2 Å². The molecule has 0 aromatic carbocycles. The minimum atomic E-state index is 0.827. The monoisotopic (exact) mass is 227 g/mol. The smallest absolute Gasteiger partial charge is 0.0798 e. The lowest BCUT2D eigenvalue weighted by Gasteiger charge is -2.03. The van der Waals surface area contributed by atoms with Gasteiger partial charge in [-0.05, 0) is 32.9 Å². The Bertz CT molecular complexity index is 260. The zero-order valence-corrected chi connectivity index (χ0v) is 10.3. The molecule has 1 rings (SSSR count). The molecule has 0 amide bonds. The van der Waals surface area contributed by atoms with E-state index >= 15 is 0 Å².